The molecule has 2 nitrogen and oxygen atoms in total. The number of fused-ring (bicyclic) bond motifs is 1. The minimum Gasteiger partial charge on any atom is -0.508 e. The van der Waals surface area contributed by atoms with E-state index in [1.165, 1.54) is 11.3 Å². The largest absolute Gasteiger partial charge is 0.508 e. The molecule has 0 spiro atoms. The number of anilines is 1. The molecule has 1 aromatic rings. The monoisotopic (exact) mass is 213 g/mol. The van der Waals surface area contributed by atoms with Crippen molar-refractivity contribution in [3.05, 3.63) is 23.8 Å². The molecule has 0 radical (unpaired) electrons. The lowest BCUT2D eigenvalue weighted by Crippen LogP contribution is -2.24. The van der Waals surface area contributed by atoms with Gasteiger partial charge in [-0.1, -0.05) is 13.8 Å². The minimum atomic E-state index is 0. The first-order valence-corrected chi connectivity index (χ1v) is 4.55. The zero-order valence-electron chi connectivity index (χ0n) is 8.74. The first-order valence-electron chi connectivity index (χ1n) is 4.55. The maximum absolute atomic E-state index is 9.40. The molecule has 3 heteroatoms. The van der Waals surface area contributed by atoms with Gasteiger partial charge in [0.2, 0.25) is 0 Å². The molecular formula is C11H16ClNO. The van der Waals surface area contributed by atoms with Crippen LogP contribution in [0.1, 0.15) is 19.4 Å². The fourth-order valence-electron chi connectivity index (χ4n) is 2.16. The second kappa shape index (κ2) is 3.35. The summed E-state index contributed by atoms with van der Waals surface area (Å²) in [4.78, 5) is 2.23. The van der Waals surface area contributed by atoms with E-state index in [4.69, 9.17) is 0 Å². The number of benzene rings is 1. The van der Waals surface area contributed by atoms with E-state index in [9.17, 15) is 5.11 Å². The average molecular weight is 214 g/mol. The van der Waals surface area contributed by atoms with E-state index in [0.29, 0.717) is 5.75 Å². The number of rotatable bonds is 0. The number of hydrogen-bond donors (Lipinski definition) is 1. The van der Waals surface area contributed by atoms with Gasteiger partial charge in [-0.25, -0.2) is 0 Å². The molecule has 0 aliphatic carbocycles. The summed E-state index contributed by atoms with van der Waals surface area (Å²) >= 11 is 0. The Balaban J connectivity index is 0.000000980. The van der Waals surface area contributed by atoms with E-state index in [1.54, 1.807) is 6.07 Å². The summed E-state index contributed by atoms with van der Waals surface area (Å²) in [6.07, 6.45) is 0. The molecular weight excluding hydrogens is 198 g/mol. The zero-order valence-corrected chi connectivity index (χ0v) is 9.56. The number of aromatic hydroxyl groups is 1. The predicted octanol–water partition coefficient (Wildman–Crippen LogP) is 2.54. The summed E-state index contributed by atoms with van der Waals surface area (Å²) in [6, 6.07) is 5.61. The van der Waals surface area contributed by atoms with Crippen LogP contribution in [-0.4, -0.2) is 18.7 Å². The van der Waals surface area contributed by atoms with E-state index in [0.717, 1.165) is 6.54 Å². The van der Waals surface area contributed by atoms with Gasteiger partial charge in [0.25, 0.3) is 0 Å². The van der Waals surface area contributed by atoms with Gasteiger partial charge in [0, 0.05) is 24.7 Å². The summed E-state index contributed by atoms with van der Waals surface area (Å²) in [7, 11) is 2.09. The lowest BCUT2D eigenvalue weighted by molar-refractivity contribution is 0.472. The molecule has 0 bridgehead atoms. The van der Waals surface area contributed by atoms with Crippen molar-refractivity contribution in [3.8, 4) is 5.75 Å². The van der Waals surface area contributed by atoms with Gasteiger partial charge < -0.3 is 10.0 Å². The lowest BCUT2D eigenvalue weighted by Gasteiger charge is -2.18. The van der Waals surface area contributed by atoms with Crippen LogP contribution in [0.4, 0.5) is 5.69 Å². The maximum Gasteiger partial charge on any atom is 0.116 e. The van der Waals surface area contributed by atoms with Crippen LogP contribution in [0.5, 0.6) is 5.75 Å². The molecule has 0 aromatic heterocycles. The van der Waals surface area contributed by atoms with Gasteiger partial charge in [-0.05, 0) is 23.8 Å². The van der Waals surface area contributed by atoms with Crippen LogP contribution < -0.4 is 4.90 Å². The van der Waals surface area contributed by atoms with Crippen LogP contribution in [-0.2, 0) is 5.41 Å². The van der Waals surface area contributed by atoms with Crippen molar-refractivity contribution in [2.24, 2.45) is 0 Å². The van der Waals surface area contributed by atoms with Crippen LogP contribution in [0.2, 0.25) is 0 Å². The fraction of sp³-hybridized carbons (Fsp3) is 0.455. The number of hydrogen-bond acceptors (Lipinski definition) is 2. The molecule has 1 aromatic carbocycles. The molecule has 1 heterocycles. The molecule has 0 fully saturated rings. The highest BCUT2D eigenvalue weighted by Crippen LogP contribution is 2.40. The Hall–Kier alpha value is -0.890. The smallest absolute Gasteiger partial charge is 0.116 e. The standard InChI is InChI=1S/C11H15NO.ClH/c1-11(2)7-12(3)10-5-4-8(13)6-9(10)11;/h4-6,13H,7H2,1-3H3;1H. The Labute approximate surface area is 91.0 Å². The molecule has 0 unspecified atom stereocenters. The van der Waals surface area contributed by atoms with Crippen LogP contribution in [0.25, 0.3) is 0 Å². The van der Waals surface area contributed by atoms with Gasteiger partial charge >= 0.3 is 0 Å². The van der Waals surface area contributed by atoms with Gasteiger partial charge in [-0.2, -0.15) is 0 Å². The van der Waals surface area contributed by atoms with Crippen LogP contribution in [0, 0.1) is 0 Å². The van der Waals surface area contributed by atoms with E-state index < -0.39 is 0 Å². The van der Waals surface area contributed by atoms with Gasteiger partial charge in [0.15, 0.2) is 0 Å². The van der Waals surface area contributed by atoms with E-state index >= 15 is 0 Å². The lowest BCUT2D eigenvalue weighted by atomic mass is 9.87. The first-order chi connectivity index (χ1) is 6.00. The second-order valence-electron chi connectivity index (χ2n) is 4.44. The molecule has 0 saturated heterocycles. The molecule has 2 rings (SSSR count). The maximum atomic E-state index is 9.40. The number of halogens is 1. The molecule has 0 amide bonds. The SMILES string of the molecule is CN1CC(C)(C)c2cc(O)ccc21.Cl. The van der Waals surface area contributed by atoms with Crippen LogP contribution >= 0.6 is 12.4 Å². The quantitative estimate of drug-likeness (QED) is 0.716. The highest BCUT2D eigenvalue weighted by Gasteiger charge is 2.33. The highest BCUT2D eigenvalue weighted by molar-refractivity contribution is 5.85. The molecule has 1 aliphatic heterocycles. The van der Waals surface area contributed by atoms with Crippen molar-refractivity contribution in [2.75, 3.05) is 18.5 Å². The Morgan fingerprint density at radius 1 is 1.36 bits per heavy atom. The number of nitrogens with zero attached hydrogens (tertiary/aromatic N) is 1. The van der Waals surface area contributed by atoms with Crippen molar-refractivity contribution in [3.63, 3.8) is 0 Å². The highest BCUT2D eigenvalue weighted by atomic mass is 35.5. The third-order valence-electron chi connectivity index (χ3n) is 2.75. The van der Waals surface area contributed by atoms with Crippen molar-refractivity contribution in [2.45, 2.75) is 19.3 Å². The first kappa shape index (κ1) is 11.2. The van der Waals surface area contributed by atoms with Crippen LogP contribution in [0.15, 0.2) is 18.2 Å². The molecule has 1 aliphatic rings. The summed E-state index contributed by atoms with van der Waals surface area (Å²) in [6.45, 7) is 5.43. The summed E-state index contributed by atoms with van der Waals surface area (Å²) in [5.41, 5.74) is 2.64. The average Bonchev–Trinajstić information content (AvgIpc) is 2.23. The molecule has 0 saturated carbocycles. The zero-order chi connectivity index (χ0) is 9.64. The number of phenols is 1. The Morgan fingerprint density at radius 3 is 2.64 bits per heavy atom. The van der Waals surface area contributed by atoms with Gasteiger partial charge in [0.05, 0.1) is 0 Å². The van der Waals surface area contributed by atoms with E-state index in [2.05, 4.69) is 25.8 Å². The predicted molar refractivity (Wildman–Crippen MR) is 61.7 cm³/mol. The fourth-order valence-corrected chi connectivity index (χ4v) is 2.16. The molecule has 14 heavy (non-hydrogen) atoms. The number of phenolic OH excluding ortho intramolecular Hbond substituents is 1. The molecule has 1 N–H and O–H groups in total. The van der Waals surface area contributed by atoms with E-state index in [-0.39, 0.29) is 17.8 Å². The summed E-state index contributed by atoms with van der Waals surface area (Å²) in [5, 5.41) is 9.40. The third-order valence-corrected chi connectivity index (χ3v) is 2.75. The Kier molecular flexibility index (Phi) is 2.68. The number of likely N-dealkylation sites (N-methyl/N-ethyl adjacent to an activating group) is 1. The van der Waals surface area contributed by atoms with Crippen LogP contribution in [0.3, 0.4) is 0 Å². The normalized spacial score (nSPS) is 17.5. The summed E-state index contributed by atoms with van der Waals surface area (Å²) < 4.78 is 0. The van der Waals surface area contributed by atoms with E-state index in [1.807, 2.05) is 12.1 Å². The van der Waals surface area contributed by atoms with Gasteiger partial charge in [-0.3, -0.25) is 0 Å². The second-order valence-corrected chi connectivity index (χ2v) is 4.44. The van der Waals surface area contributed by atoms with Crippen molar-refractivity contribution < 1.29 is 5.11 Å². The van der Waals surface area contributed by atoms with Crippen molar-refractivity contribution in [1.29, 1.82) is 0 Å². The van der Waals surface area contributed by atoms with Gasteiger partial charge in [0.1, 0.15) is 5.75 Å². The minimum absolute atomic E-state index is 0. The third kappa shape index (κ3) is 1.55. The molecule has 0 atom stereocenters. The summed E-state index contributed by atoms with van der Waals surface area (Å²) in [5.74, 6) is 0.363. The van der Waals surface area contributed by atoms with Crippen molar-refractivity contribution >= 4 is 18.1 Å². The Morgan fingerprint density at radius 2 is 2.00 bits per heavy atom. The Bertz CT molecular complexity index is 349. The van der Waals surface area contributed by atoms with Crippen molar-refractivity contribution in [1.82, 2.24) is 0 Å². The van der Waals surface area contributed by atoms with Gasteiger partial charge in [-0.15, -0.1) is 12.4 Å². The topological polar surface area (TPSA) is 23.5 Å². The molecule has 78 valence electrons.